The number of benzene rings is 1. The van der Waals surface area contributed by atoms with Gasteiger partial charge in [0.2, 0.25) is 0 Å². The van der Waals surface area contributed by atoms with Crippen LogP contribution in [0.25, 0.3) is 0 Å². The van der Waals surface area contributed by atoms with Gasteiger partial charge in [0.25, 0.3) is 5.91 Å². The van der Waals surface area contributed by atoms with Gasteiger partial charge in [-0.2, -0.15) is 8.42 Å². The van der Waals surface area contributed by atoms with Crippen molar-refractivity contribution in [3.05, 3.63) is 29.8 Å². The normalized spacial score (nSPS) is 18.2. The van der Waals surface area contributed by atoms with Gasteiger partial charge in [0.1, 0.15) is 0 Å². The number of nitrogens with zero attached hydrogens (tertiary/aromatic N) is 1. The molecule has 0 bridgehead atoms. The third-order valence-electron chi connectivity index (χ3n) is 2.22. The minimum absolute atomic E-state index is 0.291. The van der Waals surface area contributed by atoms with E-state index in [1.807, 2.05) is 4.72 Å². The molecule has 1 heterocycles. The molecule has 5 nitrogen and oxygen atoms in total. The van der Waals surface area contributed by atoms with Crippen LogP contribution in [0.4, 0.5) is 5.69 Å². The number of anilines is 1. The molecule has 1 aliphatic rings. The van der Waals surface area contributed by atoms with Crippen LogP contribution in [0.15, 0.2) is 24.3 Å². The van der Waals surface area contributed by atoms with Gasteiger partial charge >= 0.3 is 10.2 Å². The molecule has 1 aromatic rings. The topological polar surface area (TPSA) is 66.5 Å². The highest BCUT2D eigenvalue weighted by atomic mass is 32.2. The van der Waals surface area contributed by atoms with Crippen molar-refractivity contribution < 1.29 is 13.2 Å². The summed E-state index contributed by atoms with van der Waals surface area (Å²) in [5.41, 5.74) is 0.818. The van der Waals surface area contributed by atoms with Crippen molar-refractivity contribution in [3.8, 4) is 0 Å². The molecule has 0 atom stereocenters. The molecule has 0 unspecified atom stereocenters. The SMILES string of the molecule is CCN1c2ccccc2C(=O)NS1(=O)=O. The zero-order chi connectivity index (χ0) is 11.1. The maximum Gasteiger partial charge on any atom is 0.326 e. The fourth-order valence-corrected chi connectivity index (χ4v) is 2.79. The first-order valence-electron chi connectivity index (χ1n) is 4.50. The molecule has 0 aliphatic carbocycles. The van der Waals surface area contributed by atoms with Crippen LogP contribution < -0.4 is 9.03 Å². The van der Waals surface area contributed by atoms with Crippen molar-refractivity contribution in [1.29, 1.82) is 0 Å². The first-order chi connectivity index (χ1) is 7.06. The largest absolute Gasteiger partial charge is 0.326 e. The van der Waals surface area contributed by atoms with E-state index in [9.17, 15) is 13.2 Å². The highest BCUT2D eigenvalue weighted by molar-refractivity contribution is 7.91. The predicted molar refractivity (Wildman–Crippen MR) is 55.8 cm³/mol. The van der Waals surface area contributed by atoms with Gasteiger partial charge in [-0.25, -0.2) is 4.72 Å². The zero-order valence-corrected chi connectivity index (χ0v) is 8.91. The van der Waals surface area contributed by atoms with E-state index >= 15 is 0 Å². The molecule has 15 heavy (non-hydrogen) atoms. The van der Waals surface area contributed by atoms with E-state index in [1.165, 1.54) is 4.31 Å². The van der Waals surface area contributed by atoms with Gasteiger partial charge in [-0.1, -0.05) is 12.1 Å². The number of hydrogen-bond donors (Lipinski definition) is 1. The van der Waals surface area contributed by atoms with E-state index in [2.05, 4.69) is 0 Å². The summed E-state index contributed by atoms with van der Waals surface area (Å²) in [6.45, 7) is 2.01. The molecular formula is C9H10N2O3S. The third-order valence-corrected chi connectivity index (χ3v) is 3.69. The summed E-state index contributed by atoms with van der Waals surface area (Å²) >= 11 is 0. The Labute approximate surface area is 87.9 Å². The Balaban J connectivity index is 2.67. The maximum atomic E-state index is 11.6. The minimum Gasteiger partial charge on any atom is -0.268 e. The van der Waals surface area contributed by atoms with E-state index in [1.54, 1.807) is 31.2 Å². The van der Waals surface area contributed by atoms with Gasteiger partial charge in [0, 0.05) is 6.54 Å². The highest BCUT2D eigenvalue weighted by Gasteiger charge is 2.32. The van der Waals surface area contributed by atoms with Crippen molar-refractivity contribution in [3.63, 3.8) is 0 Å². The van der Waals surface area contributed by atoms with Gasteiger partial charge < -0.3 is 0 Å². The van der Waals surface area contributed by atoms with E-state index in [0.29, 0.717) is 17.8 Å². The molecule has 0 saturated heterocycles. The summed E-state index contributed by atoms with van der Waals surface area (Å²) < 4.78 is 26.3. The summed E-state index contributed by atoms with van der Waals surface area (Å²) in [6, 6.07) is 6.62. The van der Waals surface area contributed by atoms with Gasteiger partial charge in [0.05, 0.1) is 11.3 Å². The zero-order valence-electron chi connectivity index (χ0n) is 8.10. The quantitative estimate of drug-likeness (QED) is 0.758. The van der Waals surface area contributed by atoms with Gasteiger partial charge in [0.15, 0.2) is 0 Å². The lowest BCUT2D eigenvalue weighted by molar-refractivity contribution is 0.0980. The number of fused-ring (bicyclic) bond motifs is 1. The van der Waals surface area contributed by atoms with E-state index in [0.717, 1.165) is 0 Å². The maximum absolute atomic E-state index is 11.6. The number of amides is 1. The van der Waals surface area contributed by atoms with Crippen LogP contribution in [-0.2, 0) is 10.2 Å². The van der Waals surface area contributed by atoms with Crippen LogP contribution in [-0.4, -0.2) is 20.9 Å². The standard InChI is InChI=1S/C9H10N2O3S/c1-2-11-8-6-4-3-5-7(8)9(12)10-15(11,13)14/h3-6H,2H2,1H3,(H,10,12). The summed E-state index contributed by atoms with van der Waals surface area (Å²) in [5, 5.41) is 0. The average molecular weight is 226 g/mol. The summed E-state index contributed by atoms with van der Waals surface area (Å²) in [7, 11) is -3.70. The number of carbonyl (C=O) groups is 1. The van der Waals surface area contributed by atoms with Crippen LogP contribution in [0, 0.1) is 0 Å². The van der Waals surface area contributed by atoms with Crippen LogP contribution >= 0.6 is 0 Å². The van der Waals surface area contributed by atoms with E-state index in [4.69, 9.17) is 0 Å². The fraction of sp³-hybridized carbons (Fsp3) is 0.222. The summed E-state index contributed by atoms with van der Waals surface area (Å²) in [6.07, 6.45) is 0. The molecule has 1 aromatic carbocycles. The number of nitrogens with one attached hydrogen (secondary N) is 1. The lowest BCUT2D eigenvalue weighted by atomic mass is 10.1. The third kappa shape index (κ3) is 1.46. The molecule has 0 aromatic heterocycles. The predicted octanol–water partition coefficient (Wildman–Crippen LogP) is 0.501. The molecule has 2 rings (SSSR count). The lowest BCUT2D eigenvalue weighted by Gasteiger charge is -2.28. The molecule has 1 aliphatic heterocycles. The lowest BCUT2D eigenvalue weighted by Crippen LogP contribution is -2.48. The Morgan fingerprint density at radius 1 is 1.33 bits per heavy atom. The molecule has 1 amide bonds. The monoisotopic (exact) mass is 226 g/mol. The second-order valence-electron chi connectivity index (χ2n) is 3.12. The Kier molecular flexibility index (Phi) is 2.15. The van der Waals surface area contributed by atoms with E-state index in [-0.39, 0.29) is 0 Å². The average Bonchev–Trinajstić information content (AvgIpc) is 2.17. The van der Waals surface area contributed by atoms with Gasteiger partial charge in [-0.05, 0) is 19.1 Å². The molecule has 6 heteroatoms. The molecule has 0 spiro atoms. The van der Waals surface area contributed by atoms with Crippen LogP contribution in [0.2, 0.25) is 0 Å². The van der Waals surface area contributed by atoms with Crippen molar-refractivity contribution >= 4 is 21.8 Å². The number of hydrogen-bond acceptors (Lipinski definition) is 3. The van der Waals surface area contributed by atoms with Crippen molar-refractivity contribution in [2.75, 3.05) is 10.8 Å². The van der Waals surface area contributed by atoms with Crippen molar-refractivity contribution in [1.82, 2.24) is 4.72 Å². The Bertz CT molecular complexity index is 510. The van der Waals surface area contributed by atoms with Gasteiger partial charge in [-0.15, -0.1) is 0 Å². The minimum atomic E-state index is -3.70. The van der Waals surface area contributed by atoms with Crippen molar-refractivity contribution in [2.24, 2.45) is 0 Å². The van der Waals surface area contributed by atoms with E-state index < -0.39 is 16.1 Å². The molecule has 0 fully saturated rings. The molecule has 80 valence electrons. The molecule has 0 saturated carbocycles. The molecular weight excluding hydrogens is 216 g/mol. The summed E-state index contributed by atoms with van der Waals surface area (Å²) in [4.78, 5) is 11.4. The second kappa shape index (κ2) is 3.23. The first-order valence-corrected chi connectivity index (χ1v) is 5.94. The Hall–Kier alpha value is -1.56. The first kappa shape index (κ1) is 9.97. The number of para-hydroxylation sites is 1. The van der Waals surface area contributed by atoms with Crippen molar-refractivity contribution in [2.45, 2.75) is 6.92 Å². The number of rotatable bonds is 1. The molecule has 0 radical (unpaired) electrons. The second-order valence-corrected chi connectivity index (χ2v) is 4.71. The highest BCUT2D eigenvalue weighted by Crippen LogP contribution is 2.26. The Morgan fingerprint density at radius 3 is 2.67 bits per heavy atom. The smallest absolute Gasteiger partial charge is 0.268 e. The van der Waals surface area contributed by atoms with Crippen LogP contribution in [0.3, 0.4) is 0 Å². The molecule has 1 N–H and O–H groups in total. The van der Waals surface area contributed by atoms with Gasteiger partial charge in [-0.3, -0.25) is 9.10 Å². The summed E-state index contributed by atoms with van der Waals surface area (Å²) in [5.74, 6) is -0.574. The van der Waals surface area contributed by atoms with Crippen LogP contribution in [0.1, 0.15) is 17.3 Å². The number of carbonyl (C=O) groups excluding carboxylic acids is 1. The fourth-order valence-electron chi connectivity index (χ4n) is 1.58. The Morgan fingerprint density at radius 2 is 2.00 bits per heavy atom. The van der Waals surface area contributed by atoms with Crippen LogP contribution in [0.5, 0.6) is 0 Å².